The molecule has 3 heterocycles. The highest BCUT2D eigenvalue weighted by atomic mass is 16.5. The highest BCUT2D eigenvalue weighted by Gasteiger charge is 2.31. The lowest BCUT2D eigenvalue weighted by Crippen LogP contribution is -2.24. The van der Waals surface area contributed by atoms with Crippen LogP contribution in [0.5, 0.6) is 5.75 Å². The Bertz CT molecular complexity index is 1430. The topological polar surface area (TPSA) is 132 Å². The van der Waals surface area contributed by atoms with Crippen molar-refractivity contribution in [2.75, 3.05) is 12.8 Å². The van der Waals surface area contributed by atoms with Crippen LogP contribution in [0.15, 0.2) is 53.3 Å². The maximum absolute atomic E-state index is 12.6. The smallest absolute Gasteiger partial charge is 0.262 e. The number of nitrogens with one attached hydrogen (secondary N) is 2. The number of amides is 2. The highest BCUT2D eigenvalue weighted by Crippen LogP contribution is 2.27. The van der Waals surface area contributed by atoms with Gasteiger partial charge in [-0.1, -0.05) is 12.1 Å². The number of carbonyl (C=O) groups excluding carboxylic acids is 2. The van der Waals surface area contributed by atoms with Crippen molar-refractivity contribution in [3.8, 4) is 22.8 Å². The zero-order chi connectivity index (χ0) is 21.0. The van der Waals surface area contributed by atoms with Gasteiger partial charge in [-0.3, -0.25) is 24.3 Å². The van der Waals surface area contributed by atoms with Crippen molar-refractivity contribution in [2.45, 2.75) is 0 Å². The molecule has 30 heavy (non-hydrogen) atoms. The third-order valence-electron chi connectivity index (χ3n) is 5.02. The summed E-state index contributed by atoms with van der Waals surface area (Å²) >= 11 is 0. The Kier molecular flexibility index (Phi) is 3.72. The number of carbonyl (C=O) groups is 2. The van der Waals surface area contributed by atoms with Gasteiger partial charge in [-0.2, -0.15) is 0 Å². The van der Waals surface area contributed by atoms with Crippen molar-refractivity contribution >= 4 is 28.7 Å². The molecule has 1 aliphatic rings. The Morgan fingerprint density at radius 3 is 2.67 bits per heavy atom. The van der Waals surface area contributed by atoms with Crippen LogP contribution in [-0.4, -0.2) is 33.5 Å². The minimum Gasteiger partial charge on any atom is -0.497 e. The summed E-state index contributed by atoms with van der Waals surface area (Å²) in [6, 6.07) is 13.7. The average Bonchev–Trinajstić information content (AvgIpc) is 3.28. The number of nitrogens with two attached hydrogens (primary N) is 1. The lowest BCUT2D eigenvalue weighted by molar-refractivity contribution is 0.0880. The number of imidazole rings is 1. The monoisotopic (exact) mass is 401 g/mol. The van der Waals surface area contributed by atoms with Gasteiger partial charge in [0.1, 0.15) is 17.4 Å². The molecule has 2 aromatic carbocycles. The fourth-order valence-electron chi connectivity index (χ4n) is 3.59. The normalized spacial score (nSPS) is 12.8. The number of H-pyrrole nitrogens is 1. The number of hydrogen-bond donors (Lipinski definition) is 3. The maximum atomic E-state index is 12.6. The van der Waals surface area contributed by atoms with Crippen molar-refractivity contribution in [3.05, 3.63) is 70.0 Å². The predicted octanol–water partition coefficient (Wildman–Crippen LogP) is 1.86. The molecule has 0 radical (unpaired) electrons. The van der Waals surface area contributed by atoms with E-state index in [4.69, 9.17) is 10.5 Å². The van der Waals surface area contributed by atoms with E-state index >= 15 is 0 Å². The van der Waals surface area contributed by atoms with Gasteiger partial charge in [0.25, 0.3) is 17.4 Å². The number of aromatic amines is 1. The molecule has 0 fully saturated rings. The van der Waals surface area contributed by atoms with Gasteiger partial charge < -0.3 is 15.5 Å². The van der Waals surface area contributed by atoms with Crippen LogP contribution in [-0.2, 0) is 0 Å². The number of ether oxygens (including phenoxy) is 1. The van der Waals surface area contributed by atoms with Crippen LogP contribution in [0.2, 0.25) is 0 Å². The fourth-order valence-corrected chi connectivity index (χ4v) is 3.59. The lowest BCUT2D eigenvalue weighted by atomic mass is 10.1. The summed E-state index contributed by atoms with van der Waals surface area (Å²) in [6.07, 6.45) is 0. The Morgan fingerprint density at radius 2 is 1.87 bits per heavy atom. The van der Waals surface area contributed by atoms with Gasteiger partial charge in [0.2, 0.25) is 0 Å². The van der Waals surface area contributed by atoms with E-state index in [9.17, 15) is 14.4 Å². The van der Waals surface area contributed by atoms with Crippen molar-refractivity contribution in [1.29, 1.82) is 0 Å². The first-order valence-electron chi connectivity index (χ1n) is 9.02. The summed E-state index contributed by atoms with van der Waals surface area (Å²) in [5.74, 6) is 0.00838. The molecule has 0 saturated carbocycles. The number of rotatable bonds is 3. The van der Waals surface area contributed by atoms with Crippen LogP contribution in [0.25, 0.3) is 28.1 Å². The van der Waals surface area contributed by atoms with Gasteiger partial charge in [-0.25, -0.2) is 4.98 Å². The molecular formula is C21H15N5O4. The zero-order valence-electron chi connectivity index (χ0n) is 15.7. The quantitative estimate of drug-likeness (QED) is 0.449. The van der Waals surface area contributed by atoms with E-state index in [1.54, 1.807) is 25.3 Å². The first-order chi connectivity index (χ1) is 14.5. The number of nitrogens with zero attached hydrogens (tertiary/aromatic N) is 2. The number of pyridine rings is 1. The minimum absolute atomic E-state index is 0.00128. The number of fused-ring (bicyclic) bond motifs is 2. The molecule has 0 unspecified atom stereocenters. The molecule has 0 aliphatic carbocycles. The van der Waals surface area contributed by atoms with E-state index in [-0.39, 0.29) is 16.9 Å². The molecule has 4 N–H and O–H groups in total. The second kappa shape index (κ2) is 6.31. The molecule has 5 rings (SSSR count). The van der Waals surface area contributed by atoms with Crippen molar-refractivity contribution < 1.29 is 14.3 Å². The standard InChI is InChI=1S/C21H15N5O4/c1-30-12-4-2-3-10(7-12)19-23-14-6-5-11(8-15(14)24-19)26-16(27)9-13-17(18(26)22)21(29)25-20(13)28/h2-9H,22H2,1H3,(H,23,24)(H,25,28,29). The van der Waals surface area contributed by atoms with Crippen LogP contribution >= 0.6 is 0 Å². The molecule has 0 bridgehead atoms. The van der Waals surface area contributed by atoms with Gasteiger partial charge in [-0.05, 0) is 30.3 Å². The Labute approximate surface area is 169 Å². The Balaban J connectivity index is 1.65. The molecule has 148 valence electrons. The number of nitrogen functional groups attached to an aromatic ring is 1. The highest BCUT2D eigenvalue weighted by molar-refractivity contribution is 6.23. The second-order valence-electron chi connectivity index (χ2n) is 6.79. The first-order valence-corrected chi connectivity index (χ1v) is 9.02. The Hall–Kier alpha value is -4.40. The summed E-state index contributed by atoms with van der Waals surface area (Å²) in [7, 11) is 1.59. The van der Waals surface area contributed by atoms with Crippen molar-refractivity contribution in [1.82, 2.24) is 19.9 Å². The van der Waals surface area contributed by atoms with Gasteiger partial charge in [0, 0.05) is 11.6 Å². The number of benzene rings is 2. The van der Waals surface area contributed by atoms with Crippen LogP contribution in [0.1, 0.15) is 20.7 Å². The fraction of sp³-hybridized carbons (Fsp3) is 0.0476. The maximum Gasteiger partial charge on any atom is 0.262 e. The van der Waals surface area contributed by atoms with Gasteiger partial charge in [-0.15, -0.1) is 0 Å². The van der Waals surface area contributed by atoms with Gasteiger partial charge in [0.05, 0.1) is 35.0 Å². The number of anilines is 1. The molecule has 9 nitrogen and oxygen atoms in total. The van der Waals surface area contributed by atoms with E-state index in [0.717, 1.165) is 11.6 Å². The summed E-state index contributed by atoms with van der Waals surface area (Å²) in [5.41, 5.74) is 8.24. The van der Waals surface area contributed by atoms with E-state index in [0.29, 0.717) is 28.3 Å². The van der Waals surface area contributed by atoms with Gasteiger partial charge in [0.15, 0.2) is 0 Å². The molecule has 1 aliphatic heterocycles. The largest absolute Gasteiger partial charge is 0.497 e. The molecule has 0 atom stereocenters. The molecule has 9 heteroatoms. The summed E-state index contributed by atoms with van der Waals surface area (Å²) in [6.45, 7) is 0. The van der Waals surface area contributed by atoms with Crippen LogP contribution < -0.4 is 21.3 Å². The summed E-state index contributed by atoms with van der Waals surface area (Å²) in [5, 5.41) is 2.15. The molecule has 0 saturated heterocycles. The molecule has 2 aromatic heterocycles. The van der Waals surface area contributed by atoms with Crippen LogP contribution in [0, 0.1) is 0 Å². The summed E-state index contributed by atoms with van der Waals surface area (Å²) in [4.78, 5) is 44.3. The SMILES string of the molecule is COc1cccc(-c2nc3ccc(-n4c(N)c5c(cc4=O)C(=O)NC5=O)cc3[nH]2)c1. The first kappa shape index (κ1) is 17.7. The van der Waals surface area contributed by atoms with E-state index in [1.807, 2.05) is 24.3 Å². The van der Waals surface area contributed by atoms with Crippen LogP contribution in [0.4, 0.5) is 5.82 Å². The van der Waals surface area contributed by atoms with Crippen LogP contribution in [0.3, 0.4) is 0 Å². The van der Waals surface area contributed by atoms with Gasteiger partial charge >= 0.3 is 0 Å². The minimum atomic E-state index is -0.627. The third-order valence-corrected chi connectivity index (χ3v) is 5.02. The van der Waals surface area contributed by atoms with E-state index in [2.05, 4.69) is 15.3 Å². The number of hydrogen-bond acceptors (Lipinski definition) is 6. The van der Waals surface area contributed by atoms with E-state index < -0.39 is 17.4 Å². The second-order valence-corrected chi connectivity index (χ2v) is 6.79. The lowest BCUT2D eigenvalue weighted by Gasteiger charge is -2.11. The molecular weight excluding hydrogens is 386 g/mol. The molecule has 2 amide bonds. The van der Waals surface area contributed by atoms with Crippen molar-refractivity contribution in [3.63, 3.8) is 0 Å². The molecule has 0 spiro atoms. The number of imide groups is 1. The van der Waals surface area contributed by atoms with Crippen molar-refractivity contribution in [2.24, 2.45) is 0 Å². The third kappa shape index (κ3) is 2.56. The van der Waals surface area contributed by atoms with E-state index in [1.165, 1.54) is 4.57 Å². The number of aromatic nitrogens is 3. The Morgan fingerprint density at radius 1 is 1.03 bits per heavy atom. The predicted molar refractivity (Wildman–Crippen MR) is 110 cm³/mol. The zero-order valence-corrected chi connectivity index (χ0v) is 15.7. The average molecular weight is 401 g/mol. The number of methoxy groups -OCH3 is 1. The summed E-state index contributed by atoms with van der Waals surface area (Å²) < 4.78 is 6.45. The molecule has 4 aromatic rings.